The van der Waals surface area contributed by atoms with E-state index in [2.05, 4.69) is 4.98 Å². The van der Waals surface area contributed by atoms with Crippen molar-refractivity contribution in [2.45, 2.75) is 19.9 Å². The van der Waals surface area contributed by atoms with E-state index in [-0.39, 0.29) is 12.5 Å². The molecular weight excluding hydrogens is 272 g/mol. The zero-order valence-corrected chi connectivity index (χ0v) is 12.2. The summed E-state index contributed by atoms with van der Waals surface area (Å²) >= 11 is 1.52. The van der Waals surface area contributed by atoms with E-state index in [0.717, 1.165) is 22.8 Å². The van der Waals surface area contributed by atoms with E-state index >= 15 is 0 Å². The Bertz CT molecular complexity index is 596. The number of aromatic nitrogens is 1. The maximum Gasteiger partial charge on any atom is 0.237 e. The molecule has 0 bridgehead atoms. The molecule has 0 radical (unpaired) electrons. The number of hydrogen-bond donors (Lipinski definition) is 2. The number of nitrogens with zero attached hydrogens (tertiary/aromatic N) is 2. The third kappa shape index (κ3) is 3.48. The van der Waals surface area contributed by atoms with Crippen LogP contribution in [0.5, 0.6) is 0 Å². The lowest BCUT2D eigenvalue weighted by atomic mass is 10.2. The van der Waals surface area contributed by atoms with Crippen LogP contribution in [-0.4, -0.2) is 17.4 Å². The molecule has 1 amide bonds. The van der Waals surface area contributed by atoms with Gasteiger partial charge in [-0.15, -0.1) is 11.3 Å². The van der Waals surface area contributed by atoms with E-state index in [4.69, 9.17) is 11.5 Å². The van der Waals surface area contributed by atoms with Crippen molar-refractivity contribution in [3.8, 4) is 0 Å². The lowest BCUT2D eigenvalue weighted by molar-refractivity contribution is -0.116. The van der Waals surface area contributed by atoms with Crippen molar-refractivity contribution in [3.63, 3.8) is 0 Å². The number of rotatable bonds is 6. The number of para-hydroxylation sites is 1. The van der Waals surface area contributed by atoms with Crippen molar-refractivity contribution in [1.29, 1.82) is 0 Å². The van der Waals surface area contributed by atoms with Gasteiger partial charge in [0.15, 0.2) is 5.13 Å². The second-order valence-electron chi connectivity index (χ2n) is 4.50. The zero-order chi connectivity index (χ0) is 14.5. The quantitative estimate of drug-likeness (QED) is 0.794. The molecule has 1 aromatic carbocycles. The molecule has 0 spiro atoms. The predicted octanol–water partition coefficient (Wildman–Crippen LogP) is 1.78. The average Bonchev–Trinajstić information content (AvgIpc) is 2.89. The van der Waals surface area contributed by atoms with E-state index in [0.29, 0.717) is 12.2 Å². The first kappa shape index (κ1) is 14.3. The topological polar surface area (TPSA) is 85.2 Å². The Labute approximate surface area is 122 Å². The zero-order valence-electron chi connectivity index (χ0n) is 11.4. The Balaban J connectivity index is 2.23. The predicted molar refractivity (Wildman–Crippen MR) is 82.6 cm³/mol. The van der Waals surface area contributed by atoms with Gasteiger partial charge in [0.25, 0.3) is 0 Å². The third-order valence-corrected chi connectivity index (χ3v) is 3.89. The number of nitrogen functional groups attached to an aromatic ring is 1. The largest absolute Gasteiger partial charge is 0.398 e. The SMILES string of the molecule is CCc1csc(N(CC(N)=O)Cc2ccccc2N)n1. The first-order valence-corrected chi connectivity index (χ1v) is 7.29. The van der Waals surface area contributed by atoms with Crippen LogP contribution in [0.4, 0.5) is 10.8 Å². The molecule has 0 aliphatic rings. The minimum Gasteiger partial charge on any atom is -0.398 e. The maximum atomic E-state index is 11.3. The number of amides is 1. The number of thiazole rings is 1. The summed E-state index contributed by atoms with van der Waals surface area (Å²) < 4.78 is 0. The summed E-state index contributed by atoms with van der Waals surface area (Å²) in [6.45, 7) is 2.70. The smallest absolute Gasteiger partial charge is 0.237 e. The van der Waals surface area contributed by atoms with Crippen molar-refractivity contribution in [1.82, 2.24) is 4.98 Å². The van der Waals surface area contributed by atoms with E-state index in [9.17, 15) is 4.79 Å². The number of benzene rings is 1. The Morgan fingerprint density at radius 2 is 2.15 bits per heavy atom. The molecule has 2 rings (SSSR count). The molecule has 0 saturated heterocycles. The molecule has 6 heteroatoms. The number of hydrogen-bond acceptors (Lipinski definition) is 5. The first-order valence-electron chi connectivity index (χ1n) is 6.41. The molecule has 0 saturated carbocycles. The molecule has 5 nitrogen and oxygen atoms in total. The van der Waals surface area contributed by atoms with E-state index in [1.807, 2.05) is 41.5 Å². The lowest BCUT2D eigenvalue weighted by Crippen LogP contribution is -2.33. The van der Waals surface area contributed by atoms with Gasteiger partial charge in [-0.25, -0.2) is 4.98 Å². The van der Waals surface area contributed by atoms with Gasteiger partial charge in [-0.2, -0.15) is 0 Å². The number of aryl methyl sites for hydroxylation is 1. The van der Waals surface area contributed by atoms with Gasteiger partial charge in [0, 0.05) is 17.6 Å². The minimum absolute atomic E-state index is 0.130. The van der Waals surface area contributed by atoms with E-state index in [1.54, 1.807) is 0 Å². The van der Waals surface area contributed by atoms with E-state index < -0.39 is 0 Å². The molecule has 0 atom stereocenters. The van der Waals surface area contributed by atoms with Crippen molar-refractivity contribution in [2.24, 2.45) is 5.73 Å². The highest BCUT2D eigenvalue weighted by atomic mass is 32.1. The Morgan fingerprint density at radius 3 is 2.75 bits per heavy atom. The third-order valence-electron chi connectivity index (χ3n) is 2.94. The molecule has 1 heterocycles. The highest BCUT2D eigenvalue weighted by Gasteiger charge is 2.15. The molecule has 0 unspecified atom stereocenters. The van der Waals surface area contributed by atoms with Gasteiger partial charge in [0.1, 0.15) is 0 Å². The Kier molecular flexibility index (Phi) is 4.57. The molecule has 1 aromatic heterocycles. The Morgan fingerprint density at radius 1 is 1.40 bits per heavy atom. The molecule has 20 heavy (non-hydrogen) atoms. The fraction of sp³-hybridized carbons (Fsp3) is 0.286. The summed E-state index contributed by atoms with van der Waals surface area (Å²) in [4.78, 5) is 17.6. The normalized spacial score (nSPS) is 10.4. The summed E-state index contributed by atoms with van der Waals surface area (Å²) in [7, 11) is 0. The van der Waals surface area contributed by atoms with Crippen LogP contribution in [0.25, 0.3) is 0 Å². The van der Waals surface area contributed by atoms with Crippen LogP contribution in [-0.2, 0) is 17.8 Å². The van der Waals surface area contributed by atoms with Gasteiger partial charge >= 0.3 is 0 Å². The first-order chi connectivity index (χ1) is 9.60. The van der Waals surface area contributed by atoms with Gasteiger partial charge < -0.3 is 16.4 Å². The van der Waals surface area contributed by atoms with Gasteiger partial charge in [-0.3, -0.25) is 4.79 Å². The average molecular weight is 290 g/mol. The van der Waals surface area contributed by atoms with E-state index in [1.165, 1.54) is 11.3 Å². The fourth-order valence-electron chi connectivity index (χ4n) is 1.87. The number of carbonyl (C=O) groups is 1. The van der Waals surface area contributed by atoms with Crippen molar-refractivity contribution >= 4 is 28.1 Å². The van der Waals surface area contributed by atoms with Crippen LogP contribution in [0.15, 0.2) is 29.6 Å². The molecular formula is C14H18N4OS. The number of anilines is 2. The standard InChI is InChI=1S/C14H18N4OS/c1-2-11-9-20-14(17-11)18(8-13(16)19)7-10-5-3-4-6-12(10)15/h3-6,9H,2,7-8,15H2,1H3,(H2,16,19). The lowest BCUT2D eigenvalue weighted by Gasteiger charge is -2.21. The van der Waals surface area contributed by atoms with Crippen LogP contribution in [0.2, 0.25) is 0 Å². The van der Waals surface area contributed by atoms with Crippen LogP contribution >= 0.6 is 11.3 Å². The number of nitrogens with two attached hydrogens (primary N) is 2. The van der Waals surface area contributed by atoms with Gasteiger partial charge in [0.05, 0.1) is 12.2 Å². The van der Waals surface area contributed by atoms with Gasteiger partial charge in [-0.05, 0) is 18.1 Å². The number of carbonyl (C=O) groups excluding carboxylic acids is 1. The van der Waals surface area contributed by atoms with Crippen molar-refractivity contribution < 1.29 is 4.79 Å². The maximum absolute atomic E-state index is 11.3. The summed E-state index contributed by atoms with van der Waals surface area (Å²) in [5, 5.41) is 2.79. The second-order valence-corrected chi connectivity index (χ2v) is 5.33. The monoisotopic (exact) mass is 290 g/mol. The summed E-state index contributed by atoms with van der Waals surface area (Å²) in [6.07, 6.45) is 0.869. The molecule has 106 valence electrons. The highest BCUT2D eigenvalue weighted by Crippen LogP contribution is 2.24. The highest BCUT2D eigenvalue weighted by molar-refractivity contribution is 7.13. The van der Waals surface area contributed by atoms with Gasteiger partial charge in [-0.1, -0.05) is 25.1 Å². The summed E-state index contributed by atoms with van der Waals surface area (Å²) in [6, 6.07) is 7.60. The molecule has 0 aliphatic heterocycles. The molecule has 4 N–H and O–H groups in total. The minimum atomic E-state index is -0.382. The summed E-state index contributed by atoms with van der Waals surface area (Å²) in [5.74, 6) is -0.382. The van der Waals surface area contributed by atoms with Crippen molar-refractivity contribution in [3.05, 3.63) is 40.9 Å². The molecule has 2 aromatic rings. The van der Waals surface area contributed by atoms with Crippen molar-refractivity contribution in [2.75, 3.05) is 17.2 Å². The number of primary amides is 1. The van der Waals surface area contributed by atoms with Crippen LogP contribution in [0, 0.1) is 0 Å². The molecule has 0 fully saturated rings. The van der Waals surface area contributed by atoms with Crippen LogP contribution in [0.3, 0.4) is 0 Å². The van der Waals surface area contributed by atoms with Gasteiger partial charge in [0.2, 0.25) is 5.91 Å². The second kappa shape index (κ2) is 6.38. The summed E-state index contributed by atoms with van der Waals surface area (Å²) in [5.41, 5.74) is 14.0. The Hall–Kier alpha value is -2.08. The molecule has 0 aliphatic carbocycles. The van der Waals surface area contributed by atoms with Crippen LogP contribution < -0.4 is 16.4 Å². The fourth-order valence-corrected chi connectivity index (χ4v) is 2.78. The van der Waals surface area contributed by atoms with Crippen LogP contribution in [0.1, 0.15) is 18.2 Å².